The summed E-state index contributed by atoms with van der Waals surface area (Å²) in [5.74, 6) is 0. The van der Waals surface area contributed by atoms with E-state index in [-0.39, 0.29) is 5.56 Å². The minimum Gasteiger partial charge on any atom is -0.301 e. The maximum Gasteiger partial charge on any atom is 0.251 e. The summed E-state index contributed by atoms with van der Waals surface area (Å²) in [6.07, 6.45) is 1.46. The molecule has 2 aromatic rings. The van der Waals surface area contributed by atoms with Gasteiger partial charge in [0.15, 0.2) is 5.16 Å². The molecule has 0 aliphatic carbocycles. The number of hydrogen-bond donors (Lipinski definition) is 1. The van der Waals surface area contributed by atoms with Gasteiger partial charge in [0.25, 0.3) is 5.56 Å². The third-order valence-corrected chi connectivity index (χ3v) is 3.47. The Morgan fingerprint density at radius 1 is 1.41 bits per heavy atom. The lowest BCUT2D eigenvalue weighted by Crippen LogP contribution is -2.04. The van der Waals surface area contributed by atoms with Crippen LogP contribution in [0.3, 0.4) is 0 Å². The monoisotopic (exact) mass is 307 g/mol. The van der Waals surface area contributed by atoms with Crippen molar-refractivity contribution < 1.29 is 0 Å². The quantitative estimate of drug-likeness (QED) is 0.866. The highest BCUT2D eigenvalue weighted by molar-refractivity contribution is 9.10. The van der Waals surface area contributed by atoms with Crippen molar-refractivity contribution in [2.24, 2.45) is 0 Å². The molecule has 0 spiro atoms. The zero-order chi connectivity index (χ0) is 12.3. The maximum absolute atomic E-state index is 11.1. The minimum absolute atomic E-state index is 0.185. The highest BCUT2D eigenvalue weighted by atomic mass is 79.9. The third kappa shape index (κ3) is 2.96. The van der Waals surface area contributed by atoms with Crippen LogP contribution in [0.25, 0.3) is 0 Å². The fourth-order valence-corrected chi connectivity index (χ4v) is 2.59. The summed E-state index contributed by atoms with van der Waals surface area (Å²) in [7, 11) is 0. The topological polar surface area (TPSA) is 69.5 Å². The van der Waals surface area contributed by atoms with E-state index in [1.807, 2.05) is 6.07 Å². The molecule has 0 radical (unpaired) electrons. The number of benzene rings is 1. The summed E-state index contributed by atoms with van der Waals surface area (Å²) < 4.78 is 0.725. The van der Waals surface area contributed by atoms with E-state index in [1.54, 1.807) is 12.1 Å². The maximum atomic E-state index is 11.1. The fourth-order valence-electron chi connectivity index (χ4n) is 1.17. The second-order valence-electron chi connectivity index (χ2n) is 3.09. The highest BCUT2D eigenvalue weighted by Crippen LogP contribution is 2.28. The van der Waals surface area contributed by atoms with Crippen LogP contribution in [0.5, 0.6) is 0 Å². The van der Waals surface area contributed by atoms with Crippen molar-refractivity contribution in [1.29, 1.82) is 5.26 Å². The zero-order valence-corrected chi connectivity index (χ0v) is 10.9. The lowest BCUT2D eigenvalue weighted by atomic mass is 10.2. The summed E-state index contributed by atoms with van der Waals surface area (Å²) in [5, 5.41) is 9.31. The van der Waals surface area contributed by atoms with Crippen molar-refractivity contribution in [2.45, 2.75) is 10.1 Å². The fraction of sp³-hybridized carbons (Fsp3) is 0. The molecule has 0 atom stereocenters. The van der Waals surface area contributed by atoms with E-state index in [0.29, 0.717) is 10.7 Å². The van der Waals surface area contributed by atoms with Crippen LogP contribution in [0, 0.1) is 11.3 Å². The molecule has 1 heterocycles. The first-order valence-electron chi connectivity index (χ1n) is 4.62. The normalized spacial score (nSPS) is 9.88. The number of halogens is 1. The summed E-state index contributed by atoms with van der Waals surface area (Å²) in [6.45, 7) is 0. The van der Waals surface area contributed by atoms with Gasteiger partial charge in [0, 0.05) is 21.6 Å². The van der Waals surface area contributed by atoms with Gasteiger partial charge in [-0.25, -0.2) is 4.98 Å². The number of nitrogens with one attached hydrogen (secondary N) is 1. The first-order valence-corrected chi connectivity index (χ1v) is 6.23. The van der Waals surface area contributed by atoms with Crippen molar-refractivity contribution in [1.82, 2.24) is 9.97 Å². The van der Waals surface area contributed by atoms with Crippen LogP contribution in [0.2, 0.25) is 0 Å². The predicted octanol–water partition coefficient (Wildman–Crippen LogP) is 2.56. The van der Waals surface area contributed by atoms with Crippen LogP contribution >= 0.6 is 27.7 Å². The van der Waals surface area contributed by atoms with E-state index >= 15 is 0 Å². The Bertz CT molecular complexity index is 648. The first-order chi connectivity index (χ1) is 8.19. The van der Waals surface area contributed by atoms with Crippen LogP contribution in [-0.2, 0) is 0 Å². The SMILES string of the molecule is N#Cc1ccc(Sc2nccc(=O)[nH]2)cc1Br. The summed E-state index contributed by atoms with van der Waals surface area (Å²) in [6, 6.07) is 8.76. The minimum atomic E-state index is -0.185. The molecule has 1 N–H and O–H groups in total. The van der Waals surface area contributed by atoms with Gasteiger partial charge < -0.3 is 4.98 Å². The van der Waals surface area contributed by atoms with Gasteiger partial charge in [-0.1, -0.05) is 11.8 Å². The molecule has 84 valence electrons. The van der Waals surface area contributed by atoms with Gasteiger partial charge in [-0.2, -0.15) is 5.26 Å². The Balaban J connectivity index is 2.28. The van der Waals surface area contributed by atoms with Gasteiger partial charge in [-0.15, -0.1) is 0 Å². The van der Waals surface area contributed by atoms with E-state index < -0.39 is 0 Å². The lowest BCUT2D eigenvalue weighted by Gasteiger charge is -2.01. The molecule has 4 nitrogen and oxygen atoms in total. The molecule has 0 saturated carbocycles. The van der Waals surface area contributed by atoms with E-state index in [4.69, 9.17) is 5.26 Å². The Hall–Kier alpha value is -1.58. The molecule has 0 saturated heterocycles. The molecule has 0 fully saturated rings. The Labute approximate surface area is 110 Å². The average molecular weight is 308 g/mol. The van der Waals surface area contributed by atoms with Gasteiger partial charge in [0.1, 0.15) is 6.07 Å². The average Bonchev–Trinajstić information content (AvgIpc) is 2.29. The second-order valence-corrected chi connectivity index (χ2v) is 5.01. The zero-order valence-electron chi connectivity index (χ0n) is 8.48. The van der Waals surface area contributed by atoms with E-state index in [2.05, 4.69) is 32.0 Å². The van der Waals surface area contributed by atoms with E-state index in [1.165, 1.54) is 24.0 Å². The molecule has 1 aromatic heterocycles. The van der Waals surface area contributed by atoms with Gasteiger partial charge in [0.2, 0.25) is 0 Å². The first kappa shape index (κ1) is 11.9. The standard InChI is InChI=1S/C11H6BrN3OS/c12-9-5-8(2-1-7(9)6-13)17-11-14-4-3-10(16)15-11/h1-5H,(H,14,15,16). The van der Waals surface area contributed by atoms with E-state index in [0.717, 1.165) is 9.37 Å². The van der Waals surface area contributed by atoms with Crippen LogP contribution in [0.4, 0.5) is 0 Å². The van der Waals surface area contributed by atoms with Crippen molar-refractivity contribution in [3.8, 4) is 6.07 Å². The lowest BCUT2D eigenvalue weighted by molar-refractivity contribution is 0.936. The van der Waals surface area contributed by atoms with Crippen LogP contribution in [-0.4, -0.2) is 9.97 Å². The molecule has 0 bridgehead atoms. The van der Waals surface area contributed by atoms with Gasteiger partial charge in [-0.3, -0.25) is 4.79 Å². The largest absolute Gasteiger partial charge is 0.301 e. The Morgan fingerprint density at radius 3 is 2.88 bits per heavy atom. The summed E-state index contributed by atoms with van der Waals surface area (Å²) in [4.78, 5) is 18.6. The van der Waals surface area contributed by atoms with Crippen LogP contribution in [0.15, 0.2) is 49.8 Å². The smallest absolute Gasteiger partial charge is 0.251 e. The van der Waals surface area contributed by atoms with Crippen molar-refractivity contribution in [3.05, 3.63) is 50.9 Å². The number of hydrogen-bond acceptors (Lipinski definition) is 4. The van der Waals surface area contributed by atoms with Crippen molar-refractivity contribution in [3.63, 3.8) is 0 Å². The van der Waals surface area contributed by atoms with Crippen molar-refractivity contribution in [2.75, 3.05) is 0 Å². The Morgan fingerprint density at radius 2 is 2.24 bits per heavy atom. The van der Waals surface area contributed by atoms with E-state index in [9.17, 15) is 4.79 Å². The second kappa shape index (κ2) is 5.17. The molecule has 0 amide bonds. The Kier molecular flexibility index (Phi) is 3.61. The number of aromatic amines is 1. The molecule has 0 unspecified atom stereocenters. The number of nitriles is 1. The number of rotatable bonds is 2. The van der Waals surface area contributed by atoms with Gasteiger partial charge in [-0.05, 0) is 34.1 Å². The highest BCUT2D eigenvalue weighted by Gasteiger charge is 2.03. The van der Waals surface area contributed by atoms with Crippen LogP contribution in [0.1, 0.15) is 5.56 Å². The molecular formula is C11H6BrN3OS. The molecule has 6 heteroatoms. The summed E-state index contributed by atoms with van der Waals surface area (Å²) >= 11 is 4.64. The molecule has 2 rings (SSSR count). The molecule has 1 aromatic carbocycles. The van der Waals surface area contributed by atoms with Crippen molar-refractivity contribution >= 4 is 27.7 Å². The molecular weight excluding hydrogens is 302 g/mol. The van der Waals surface area contributed by atoms with Gasteiger partial charge in [0.05, 0.1) is 5.56 Å². The van der Waals surface area contributed by atoms with Crippen LogP contribution < -0.4 is 5.56 Å². The van der Waals surface area contributed by atoms with Gasteiger partial charge >= 0.3 is 0 Å². The number of nitrogens with zero attached hydrogens (tertiary/aromatic N) is 2. The number of H-pyrrole nitrogens is 1. The third-order valence-electron chi connectivity index (χ3n) is 1.92. The summed E-state index contributed by atoms with van der Waals surface area (Å²) in [5.41, 5.74) is 0.388. The number of aromatic nitrogens is 2. The predicted molar refractivity (Wildman–Crippen MR) is 67.8 cm³/mol. The molecule has 17 heavy (non-hydrogen) atoms. The molecule has 0 aliphatic rings. The molecule has 0 aliphatic heterocycles.